The van der Waals surface area contributed by atoms with E-state index in [1.54, 1.807) is 24.3 Å². The lowest BCUT2D eigenvalue weighted by Gasteiger charge is -2.10. The van der Waals surface area contributed by atoms with Crippen LogP contribution in [0.4, 0.5) is 10.5 Å². The van der Waals surface area contributed by atoms with E-state index in [2.05, 4.69) is 15.4 Å². The average Bonchev–Trinajstić information content (AvgIpc) is 2.56. The van der Waals surface area contributed by atoms with Crippen LogP contribution in [-0.2, 0) is 11.2 Å². The Balaban J connectivity index is 1.96. The molecule has 0 spiro atoms. The van der Waals surface area contributed by atoms with Gasteiger partial charge in [0.05, 0.1) is 18.4 Å². The molecule has 2 amide bonds. The fourth-order valence-electron chi connectivity index (χ4n) is 2.01. The number of hydrogen-bond donors (Lipinski definition) is 2. The lowest BCUT2D eigenvalue weighted by Crippen LogP contribution is -2.27. The van der Waals surface area contributed by atoms with Crippen molar-refractivity contribution >= 4 is 17.7 Å². The van der Waals surface area contributed by atoms with Crippen LogP contribution in [0.5, 0.6) is 0 Å². The van der Waals surface area contributed by atoms with Gasteiger partial charge < -0.3 is 10.1 Å². The average molecular weight is 298 g/mol. The Morgan fingerprint density at radius 2 is 1.68 bits per heavy atom. The third kappa shape index (κ3) is 4.34. The monoisotopic (exact) mass is 298 g/mol. The van der Waals surface area contributed by atoms with Gasteiger partial charge in [-0.1, -0.05) is 42.5 Å². The van der Waals surface area contributed by atoms with Gasteiger partial charge >= 0.3 is 6.09 Å². The van der Waals surface area contributed by atoms with E-state index in [4.69, 9.17) is 0 Å². The lowest BCUT2D eigenvalue weighted by molar-refractivity contribution is 0.0955. The van der Waals surface area contributed by atoms with Crippen molar-refractivity contribution in [2.24, 2.45) is 0 Å². The minimum atomic E-state index is -0.607. The summed E-state index contributed by atoms with van der Waals surface area (Å²) in [6.45, 7) is 0.523. The molecule has 0 aliphatic heterocycles. The van der Waals surface area contributed by atoms with E-state index in [0.717, 1.165) is 12.0 Å². The van der Waals surface area contributed by atoms with Crippen molar-refractivity contribution in [2.45, 2.75) is 6.42 Å². The molecule has 0 aromatic heterocycles. The molecule has 0 bridgehead atoms. The first kappa shape index (κ1) is 15.6. The largest absolute Gasteiger partial charge is 0.453 e. The predicted octanol–water partition coefficient (Wildman–Crippen LogP) is 2.84. The van der Waals surface area contributed by atoms with Crippen molar-refractivity contribution in [3.63, 3.8) is 0 Å². The zero-order valence-electron chi connectivity index (χ0n) is 12.3. The molecule has 0 aliphatic rings. The van der Waals surface area contributed by atoms with Crippen LogP contribution in [0.25, 0.3) is 0 Å². The predicted molar refractivity (Wildman–Crippen MR) is 84.9 cm³/mol. The van der Waals surface area contributed by atoms with Crippen LogP contribution < -0.4 is 10.6 Å². The molecule has 0 fully saturated rings. The SMILES string of the molecule is COC(=O)Nc1ccccc1C(=O)NCCc1ccccc1. The molecule has 0 saturated carbocycles. The zero-order valence-corrected chi connectivity index (χ0v) is 12.3. The maximum atomic E-state index is 12.2. The summed E-state index contributed by atoms with van der Waals surface area (Å²) in [6, 6.07) is 16.7. The summed E-state index contributed by atoms with van der Waals surface area (Å²) >= 11 is 0. The highest BCUT2D eigenvalue weighted by Crippen LogP contribution is 2.15. The van der Waals surface area contributed by atoms with Crippen LogP contribution in [0.3, 0.4) is 0 Å². The molecule has 0 aliphatic carbocycles. The number of para-hydroxylation sites is 1. The first-order chi connectivity index (χ1) is 10.7. The van der Waals surface area contributed by atoms with Crippen LogP contribution >= 0.6 is 0 Å². The van der Waals surface area contributed by atoms with E-state index < -0.39 is 6.09 Å². The van der Waals surface area contributed by atoms with E-state index in [0.29, 0.717) is 17.8 Å². The Labute approximate surface area is 129 Å². The highest BCUT2D eigenvalue weighted by molar-refractivity contribution is 6.02. The topological polar surface area (TPSA) is 67.4 Å². The van der Waals surface area contributed by atoms with E-state index in [-0.39, 0.29) is 5.91 Å². The normalized spacial score (nSPS) is 9.86. The number of carbonyl (C=O) groups excluding carboxylic acids is 2. The van der Waals surface area contributed by atoms with Crippen molar-refractivity contribution in [2.75, 3.05) is 19.0 Å². The minimum Gasteiger partial charge on any atom is -0.453 e. The molecule has 2 aromatic carbocycles. The molecule has 5 heteroatoms. The molecular formula is C17H18N2O3. The summed E-state index contributed by atoms with van der Waals surface area (Å²) in [6.07, 6.45) is 0.142. The second-order valence-corrected chi connectivity index (χ2v) is 4.65. The van der Waals surface area contributed by atoms with Gasteiger partial charge in [-0.05, 0) is 24.1 Å². The van der Waals surface area contributed by atoms with E-state index in [1.807, 2.05) is 30.3 Å². The molecule has 0 radical (unpaired) electrons. The number of anilines is 1. The summed E-state index contributed by atoms with van der Waals surface area (Å²) in [7, 11) is 1.28. The molecule has 0 atom stereocenters. The third-order valence-electron chi connectivity index (χ3n) is 3.14. The van der Waals surface area contributed by atoms with Crippen LogP contribution in [0.2, 0.25) is 0 Å². The number of hydrogen-bond acceptors (Lipinski definition) is 3. The summed E-state index contributed by atoms with van der Waals surface area (Å²) in [4.78, 5) is 23.5. The first-order valence-corrected chi connectivity index (χ1v) is 6.97. The van der Waals surface area contributed by atoms with Gasteiger partial charge in [-0.25, -0.2) is 4.79 Å². The fraction of sp³-hybridized carbons (Fsp3) is 0.176. The van der Waals surface area contributed by atoms with E-state index >= 15 is 0 Å². The number of benzene rings is 2. The standard InChI is InChI=1S/C17H18N2O3/c1-22-17(21)19-15-10-6-5-9-14(15)16(20)18-12-11-13-7-3-2-4-8-13/h2-10H,11-12H2,1H3,(H,18,20)(H,19,21). The smallest absolute Gasteiger partial charge is 0.411 e. The summed E-state index contributed by atoms with van der Waals surface area (Å²) in [5.41, 5.74) is 1.98. The number of rotatable bonds is 5. The van der Waals surface area contributed by atoms with E-state index in [1.165, 1.54) is 7.11 Å². The van der Waals surface area contributed by atoms with Gasteiger partial charge in [0, 0.05) is 6.54 Å². The van der Waals surface area contributed by atoms with Crippen LogP contribution in [0.15, 0.2) is 54.6 Å². The van der Waals surface area contributed by atoms with Gasteiger partial charge in [0.2, 0.25) is 0 Å². The summed E-state index contributed by atoms with van der Waals surface area (Å²) in [5, 5.41) is 5.38. The van der Waals surface area contributed by atoms with Crippen molar-refractivity contribution in [1.29, 1.82) is 0 Å². The second-order valence-electron chi connectivity index (χ2n) is 4.65. The summed E-state index contributed by atoms with van der Waals surface area (Å²) < 4.78 is 4.55. The van der Waals surface area contributed by atoms with Gasteiger partial charge in [-0.3, -0.25) is 10.1 Å². The molecule has 2 N–H and O–H groups in total. The first-order valence-electron chi connectivity index (χ1n) is 6.97. The highest BCUT2D eigenvalue weighted by atomic mass is 16.5. The second kappa shape index (κ2) is 7.83. The molecule has 2 aromatic rings. The Hall–Kier alpha value is -2.82. The molecule has 0 heterocycles. The summed E-state index contributed by atoms with van der Waals surface area (Å²) in [5.74, 6) is -0.233. The Bertz CT molecular complexity index is 641. The van der Waals surface area contributed by atoms with E-state index in [9.17, 15) is 9.59 Å². The Kier molecular flexibility index (Phi) is 5.54. The van der Waals surface area contributed by atoms with Crippen molar-refractivity contribution < 1.29 is 14.3 Å². The molecule has 2 rings (SSSR count). The van der Waals surface area contributed by atoms with Crippen molar-refractivity contribution in [1.82, 2.24) is 5.32 Å². The molecule has 114 valence electrons. The number of nitrogens with one attached hydrogen (secondary N) is 2. The molecule has 0 unspecified atom stereocenters. The quantitative estimate of drug-likeness (QED) is 0.892. The van der Waals surface area contributed by atoms with Gasteiger partial charge in [-0.2, -0.15) is 0 Å². The maximum absolute atomic E-state index is 12.2. The molecular weight excluding hydrogens is 280 g/mol. The van der Waals surface area contributed by atoms with Crippen molar-refractivity contribution in [3.8, 4) is 0 Å². The Morgan fingerprint density at radius 1 is 1.00 bits per heavy atom. The Morgan fingerprint density at radius 3 is 2.41 bits per heavy atom. The lowest BCUT2D eigenvalue weighted by atomic mass is 10.1. The minimum absolute atomic E-state index is 0.233. The van der Waals surface area contributed by atoms with Gasteiger partial charge in [0.25, 0.3) is 5.91 Å². The number of methoxy groups -OCH3 is 1. The van der Waals surface area contributed by atoms with Gasteiger partial charge in [0.15, 0.2) is 0 Å². The molecule has 22 heavy (non-hydrogen) atoms. The molecule has 5 nitrogen and oxygen atoms in total. The molecule has 0 saturated heterocycles. The van der Waals surface area contributed by atoms with Crippen molar-refractivity contribution in [3.05, 3.63) is 65.7 Å². The van der Waals surface area contributed by atoms with Gasteiger partial charge in [0.1, 0.15) is 0 Å². The number of ether oxygens (including phenoxy) is 1. The highest BCUT2D eigenvalue weighted by Gasteiger charge is 2.12. The van der Waals surface area contributed by atoms with Gasteiger partial charge in [-0.15, -0.1) is 0 Å². The number of carbonyl (C=O) groups is 2. The maximum Gasteiger partial charge on any atom is 0.411 e. The van der Waals surface area contributed by atoms with Crippen LogP contribution in [0, 0.1) is 0 Å². The fourth-order valence-corrected chi connectivity index (χ4v) is 2.01. The zero-order chi connectivity index (χ0) is 15.8. The third-order valence-corrected chi connectivity index (χ3v) is 3.14. The number of amides is 2. The van der Waals surface area contributed by atoms with Crippen LogP contribution in [-0.4, -0.2) is 25.7 Å². The van der Waals surface area contributed by atoms with Crippen LogP contribution in [0.1, 0.15) is 15.9 Å².